The third kappa shape index (κ3) is 7.73. The zero-order valence-electron chi connectivity index (χ0n) is 20.0. The Labute approximate surface area is 205 Å². The lowest BCUT2D eigenvalue weighted by Gasteiger charge is -2.19. The van der Waals surface area contributed by atoms with Gasteiger partial charge in [-0.15, -0.1) is 0 Å². The first-order valence-corrected chi connectivity index (χ1v) is 11.9. The first-order valence-electron chi connectivity index (χ1n) is 11.9. The Morgan fingerprint density at radius 1 is 0.914 bits per heavy atom. The molecule has 7 heteroatoms. The predicted molar refractivity (Wildman–Crippen MR) is 137 cm³/mol. The van der Waals surface area contributed by atoms with Crippen molar-refractivity contribution < 1.29 is 19.5 Å². The van der Waals surface area contributed by atoms with E-state index in [0.717, 1.165) is 21.9 Å². The lowest BCUT2D eigenvalue weighted by atomic mass is 10.0. The number of carbonyl (C=O) groups excluding carboxylic acids is 3. The molecule has 2 amide bonds. The van der Waals surface area contributed by atoms with Crippen LogP contribution in [-0.2, 0) is 22.6 Å². The Bertz CT molecular complexity index is 1160. The van der Waals surface area contributed by atoms with E-state index >= 15 is 0 Å². The van der Waals surface area contributed by atoms with Crippen molar-refractivity contribution in [2.24, 2.45) is 5.73 Å². The van der Waals surface area contributed by atoms with E-state index in [9.17, 15) is 19.5 Å². The number of nitrogens with two attached hydrogens (primary N) is 1. The number of aliphatic hydroxyl groups is 1. The Hall–Kier alpha value is -3.55. The van der Waals surface area contributed by atoms with E-state index in [4.69, 9.17) is 5.73 Å². The molecule has 5 N–H and O–H groups in total. The van der Waals surface area contributed by atoms with Crippen LogP contribution >= 0.6 is 0 Å². The van der Waals surface area contributed by atoms with Crippen LogP contribution in [0.3, 0.4) is 0 Å². The Balaban J connectivity index is 1.67. The molecule has 0 fully saturated rings. The van der Waals surface area contributed by atoms with Gasteiger partial charge in [0.15, 0.2) is 5.78 Å². The third-order valence-electron chi connectivity index (χ3n) is 5.94. The van der Waals surface area contributed by atoms with E-state index in [1.165, 1.54) is 6.92 Å². The Morgan fingerprint density at radius 2 is 1.60 bits per heavy atom. The molecule has 0 aliphatic rings. The van der Waals surface area contributed by atoms with Gasteiger partial charge in [-0.2, -0.15) is 0 Å². The van der Waals surface area contributed by atoms with Crippen molar-refractivity contribution in [2.75, 3.05) is 6.54 Å². The topological polar surface area (TPSA) is 122 Å². The highest BCUT2D eigenvalue weighted by Gasteiger charge is 2.22. The molecule has 3 aromatic carbocycles. The second-order valence-electron chi connectivity index (χ2n) is 8.70. The van der Waals surface area contributed by atoms with Crippen LogP contribution in [-0.4, -0.2) is 41.4 Å². The molecule has 2 atom stereocenters. The molecule has 1 unspecified atom stereocenters. The van der Waals surface area contributed by atoms with Crippen LogP contribution < -0.4 is 16.4 Å². The fraction of sp³-hybridized carbons (Fsp3) is 0.321. The van der Waals surface area contributed by atoms with Gasteiger partial charge in [0.1, 0.15) is 12.1 Å². The van der Waals surface area contributed by atoms with Gasteiger partial charge in [-0.3, -0.25) is 14.4 Å². The second kappa shape index (κ2) is 12.8. The van der Waals surface area contributed by atoms with E-state index in [1.54, 1.807) is 24.3 Å². The van der Waals surface area contributed by atoms with E-state index in [2.05, 4.69) is 10.6 Å². The number of benzene rings is 3. The van der Waals surface area contributed by atoms with Crippen molar-refractivity contribution in [3.63, 3.8) is 0 Å². The number of fused-ring (bicyclic) bond motifs is 1. The molecule has 35 heavy (non-hydrogen) atoms. The van der Waals surface area contributed by atoms with Crippen molar-refractivity contribution >= 4 is 28.4 Å². The summed E-state index contributed by atoms with van der Waals surface area (Å²) in [4.78, 5) is 37.5. The van der Waals surface area contributed by atoms with Gasteiger partial charge in [0.2, 0.25) is 5.91 Å². The fourth-order valence-electron chi connectivity index (χ4n) is 3.81. The van der Waals surface area contributed by atoms with Crippen molar-refractivity contribution in [1.29, 1.82) is 0 Å². The molecule has 0 aliphatic carbocycles. The fourth-order valence-corrected chi connectivity index (χ4v) is 3.81. The van der Waals surface area contributed by atoms with Crippen LogP contribution in [0.5, 0.6) is 0 Å². The number of amides is 2. The number of aliphatic hydroxyl groups excluding tert-OH is 1. The molecular weight excluding hydrogens is 442 g/mol. The summed E-state index contributed by atoms with van der Waals surface area (Å²) in [6, 6.07) is 20.2. The van der Waals surface area contributed by atoms with Crippen LogP contribution in [0.15, 0.2) is 66.7 Å². The monoisotopic (exact) mass is 475 g/mol. The summed E-state index contributed by atoms with van der Waals surface area (Å²) in [5, 5.41) is 17.2. The van der Waals surface area contributed by atoms with Crippen LogP contribution in [0.2, 0.25) is 0 Å². The van der Waals surface area contributed by atoms with Crippen LogP contribution in [0.4, 0.5) is 0 Å². The SMILES string of the molecule is CC(O)C(=O)CCCCNC(=O)[C@H](Cc1ccc2ccccc2c1)NC(=O)c1ccc(CN)cc1. The van der Waals surface area contributed by atoms with Gasteiger partial charge >= 0.3 is 0 Å². The zero-order chi connectivity index (χ0) is 25.2. The van der Waals surface area contributed by atoms with E-state index < -0.39 is 12.1 Å². The molecule has 0 bridgehead atoms. The van der Waals surface area contributed by atoms with Crippen LogP contribution in [0.25, 0.3) is 10.8 Å². The summed E-state index contributed by atoms with van der Waals surface area (Å²) in [5.41, 5.74) is 7.94. The number of hydrogen-bond donors (Lipinski definition) is 4. The molecule has 0 spiro atoms. The smallest absolute Gasteiger partial charge is 0.251 e. The Kier molecular flexibility index (Phi) is 9.52. The highest BCUT2D eigenvalue weighted by molar-refractivity contribution is 5.97. The molecule has 0 heterocycles. The summed E-state index contributed by atoms with van der Waals surface area (Å²) in [5.74, 6) is -0.831. The van der Waals surface area contributed by atoms with Crippen molar-refractivity contribution in [1.82, 2.24) is 10.6 Å². The maximum atomic E-state index is 13.0. The molecule has 0 aliphatic heterocycles. The average molecular weight is 476 g/mol. The summed E-state index contributed by atoms with van der Waals surface area (Å²) in [6.45, 7) is 2.21. The third-order valence-corrected chi connectivity index (χ3v) is 5.94. The first-order chi connectivity index (χ1) is 16.9. The molecule has 0 saturated carbocycles. The highest BCUT2D eigenvalue weighted by Crippen LogP contribution is 2.17. The normalized spacial score (nSPS) is 12.7. The lowest BCUT2D eigenvalue weighted by molar-refractivity contribution is -0.126. The van der Waals surface area contributed by atoms with Gasteiger partial charge in [-0.05, 0) is 53.8 Å². The molecule has 7 nitrogen and oxygen atoms in total. The molecule has 3 aromatic rings. The zero-order valence-corrected chi connectivity index (χ0v) is 20.0. The predicted octanol–water partition coefficient (Wildman–Crippen LogP) is 2.88. The van der Waals surface area contributed by atoms with E-state index in [1.807, 2.05) is 42.5 Å². The minimum atomic E-state index is -0.968. The van der Waals surface area contributed by atoms with Crippen molar-refractivity contribution in [2.45, 2.75) is 51.3 Å². The van der Waals surface area contributed by atoms with Gasteiger partial charge < -0.3 is 21.5 Å². The van der Waals surface area contributed by atoms with Crippen LogP contribution in [0.1, 0.15) is 47.7 Å². The first kappa shape index (κ1) is 26.1. The Morgan fingerprint density at radius 3 is 2.29 bits per heavy atom. The minimum absolute atomic E-state index is 0.210. The van der Waals surface area contributed by atoms with Crippen molar-refractivity contribution in [3.8, 4) is 0 Å². The van der Waals surface area contributed by atoms with Crippen molar-refractivity contribution in [3.05, 3.63) is 83.4 Å². The van der Waals surface area contributed by atoms with E-state index in [0.29, 0.717) is 37.9 Å². The quantitative estimate of drug-likeness (QED) is 0.300. The van der Waals surface area contributed by atoms with Gasteiger partial charge in [-0.25, -0.2) is 0 Å². The largest absolute Gasteiger partial charge is 0.386 e. The van der Waals surface area contributed by atoms with Crippen LogP contribution in [0, 0.1) is 0 Å². The molecular formula is C28H33N3O4. The number of Topliss-reactive ketones (excluding diaryl/α,β-unsaturated/α-hetero) is 1. The van der Waals surface area contributed by atoms with Gasteiger partial charge in [0, 0.05) is 31.5 Å². The maximum absolute atomic E-state index is 13.0. The lowest BCUT2D eigenvalue weighted by Crippen LogP contribution is -2.48. The highest BCUT2D eigenvalue weighted by atomic mass is 16.3. The number of unbranched alkanes of at least 4 members (excludes halogenated alkanes) is 1. The minimum Gasteiger partial charge on any atom is -0.386 e. The van der Waals surface area contributed by atoms with Gasteiger partial charge in [0.05, 0.1) is 0 Å². The molecule has 0 radical (unpaired) electrons. The van der Waals surface area contributed by atoms with Gasteiger partial charge in [0.25, 0.3) is 5.91 Å². The number of nitrogens with one attached hydrogen (secondary N) is 2. The number of ketones is 1. The second-order valence-corrected chi connectivity index (χ2v) is 8.70. The van der Waals surface area contributed by atoms with Gasteiger partial charge in [-0.1, -0.05) is 54.6 Å². The number of carbonyl (C=O) groups is 3. The average Bonchev–Trinajstić information content (AvgIpc) is 2.87. The number of hydrogen-bond acceptors (Lipinski definition) is 5. The number of rotatable bonds is 12. The molecule has 3 rings (SSSR count). The maximum Gasteiger partial charge on any atom is 0.251 e. The molecule has 0 aromatic heterocycles. The summed E-state index contributed by atoms with van der Waals surface area (Å²) in [6.07, 6.45) is 0.804. The van der Waals surface area contributed by atoms with E-state index in [-0.39, 0.29) is 24.0 Å². The molecule has 0 saturated heterocycles. The summed E-state index contributed by atoms with van der Waals surface area (Å²) < 4.78 is 0. The standard InChI is InChI=1S/C28H33N3O4/c1-19(32)26(33)8-4-5-15-30-28(35)25(31-27(34)23-13-9-20(18-29)10-14-23)17-21-11-12-22-6-2-3-7-24(22)16-21/h2-3,6-7,9-14,16,19,25,32H,4-5,8,15,17-18,29H2,1H3,(H,30,35)(H,31,34)/t19?,25-/m0/s1. The summed E-state index contributed by atoms with van der Waals surface area (Å²) >= 11 is 0. The summed E-state index contributed by atoms with van der Waals surface area (Å²) in [7, 11) is 0. The molecule has 184 valence electrons.